The predicted molar refractivity (Wildman–Crippen MR) is 121 cm³/mol. The maximum atomic E-state index is 13.1. The number of carbonyl (C=O) groups excluding carboxylic acids is 2. The van der Waals surface area contributed by atoms with Crippen molar-refractivity contribution in [3.05, 3.63) is 65.7 Å². The summed E-state index contributed by atoms with van der Waals surface area (Å²) in [5.74, 6) is -0.204. The summed E-state index contributed by atoms with van der Waals surface area (Å²) < 4.78 is 10.7. The van der Waals surface area contributed by atoms with Crippen molar-refractivity contribution in [2.75, 3.05) is 32.1 Å². The van der Waals surface area contributed by atoms with Crippen molar-refractivity contribution in [1.82, 2.24) is 4.90 Å². The first-order valence-electron chi connectivity index (χ1n) is 11.1. The van der Waals surface area contributed by atoms with Gasteiger partial charge in [-0.1, -0.05) is 44.2 Å². The van der Waals surface area contributed by atoms with Crippen LogP contribution in [0.4, 0.5) is 5.69 Å². The first-order chi connectivity index (χ1) is 15.1. The van der Waals surface area contributed by atoms with E-state index in [0.29, 0.717) is 11.5 Å². The molecule has 3 heterocycles. The van der Waals surface area contributed by atoms with Crippen LogP contribution in [0.2, 0.25) is 0 Å². The molecule has 3 aliphatic rings. The zero-order valence-electron chi connectivity index (χ0n) is 18.5. The summed E-state index contributed by atoms with van der Waals surface area (Å²) in [4.78, 5) is 27.1. The van der Waals surface area contributed by atoms with Gasteiger partial charge in [-0.15, -0.1) is 0 Å². The molecule has 2 aromatic rings. The fourth-order valence-electron chi connectivity index (χ4n) is 4.17. The number of ether oxygens (including phenoxy) is 2. The molecule has 0 spiro atoms. The van der Waals surface area contributed by atoms with Crippen LogP contribution < -0.4 is 5.32 Å². The zero-order valence-corrected chi connectivity index (χ0v) is 18.5. The molecular formula is C25H32N2O4. The van der Waals surface area contributed by atoms with Crippen molar-refractivity contribution >= 4 is 17.6 Å². The molecule has 3 saturated heterocycles. The third-order valence-electron chi connectivity index (χ3n) is 5.85. The van der Waals surface area contributed by atoms with Gasteiger partial charge in [-0.25, -0.2) is 9.59 Å². The third kappa shape index (κ3) is 5.64. The summed E-state index contributed by atoms with van der Waals surface area (Å²) in [6.45, 7) is 7.03. The fourth-order valence-corrected chi connectivity index (χ4v) is 4.17. The number of hydrogen-bond acceptors (Lipinski definition) is 6. The van der Waals surface area contributed by atoms with Crippen LogP contribution in [0.15, 0.2) is 54.6 Å². The molecule has 0 saturated carbocycles. The summed E-state index contributed by atoms with van der Waals surface area (Å²) in [6, 6.07) is 15.8. The van der Waals surface area contributed by atoms with Crippen LogP contribution in [0.1, 0.15) is 48.7 Å². The van der Waals surface area contributed by atoms with Crippen LogP contribution in [-0.2, 0) is 14.3 Å². The summed E-state index contributed by atoms with van der Waals surface area (Å²) in [7, 11) is 1.35. The lowest BCUT2D eigenvalue weighted by atomic mass is 9.86. The number of rotatable bonds is 6. The van der Waals surface area contributed by atoms with Crippen molar-refractivity contribution in [2.45, 2.75) is 38.8 Å². The minimum atomic E-state index is -0.615. The highest BCUT2D eigenvalue weighted by Crippen LogP contribution is 2.31. The molecule has 166 valence electrons. The van der Waals surface area contributed by atoms with Crippen LogP contribution in [0, 0.1) is 5.92 Å². The van der Waals surface area contributed by atoms with Gasteiger partial charge in [0.05, 0.1) is 12.7 Å². The Kier molecular flexibility index (Phi) is 8.06. The van der Waals surface area contributed by atoms with E-state index in [2.05, 4.69) is 10.2 Å². The van der Waals surface area contributed by atoms with Crippen molar-refractivity contribution in [3.8, 4) is 0 Å². The Bertz CT molecular complexity index is 846. The highest BCUT2D eigenvalue weighted by atomic mass is 16.5. The van der Waals surface area contributed by atoms with E-state index in [9.17, 15) is 9.59 Å². The molecule has 1 N–H and O–H groups in total. The van der Waals surface area contributed by atoms with Gasteiger partial charge < -0.3 is 14.8 Å². The van der Waals surface area contributed by atoms with E-state index in [1.54, 1.807) is 24.3 Å². The van der Waals surface area contributed by atoms with Crippen LogP contribution >= 0.6 is 0 Å². The third-order valence-corrected chi connectivity index (χ3v) is 5.85. The molecule has 2 atom stereocenters. The molecule has 1 unspecified atom stereocenters. The van der Waals surface area contributed by atoms with E-state index in [-0.39, 0.29) is 12.1 Å². The van der Waals surface area contributed by atoms with Gasteiger partial charge in [0.25, 0.3) is 0 Å². The first kappa shape index (κ1) is 22.8. The Balaban J connectivity index is 0.00000132. The molecule has 0 aromatic heterocycles. The standard InChI is InChI=1S/C23H26N2O4.C2H6/c1-28-22(26)18-7-9-19(10-8-18)24-21(17-5-3-2-4-6-17)23(27)29-20-15-25-13-11-16(20)12-14-25;1-2/h2-10,16,20-21,24H,11-15H2,1H3;1-2H3/t20-,21?;/m0./s1. The van der Waals surface area contributed by atoms with Crippen LogP contribution in [0.3, 0.4) is 0 Å². The molecule has 3 fully saturated rings. The average Bonchev–Trinajstić information content (AvgIpc) is 2.85. The first-order valence-corrected chi connectivity index (χ1v) is 11.1. The Hall–Kier alpha value is -2.86. The summed E-state index contributed by atoms with van der Waals surface area (Å²) in [5.41, 5.74) is 2.04. The Morgan fingerprint density at radius 1 is 1.00 bits per heavy atom. The molecular weight excluding hydrogens is 392 g/mol. The number of nitrogens with zero attached hydrogens (tertiary/aromatic N) is 1. The topological polar surface area (TPSA) is 67.9 Å². The second-order valence-electron chi connectivity index (χ2n) is 7.67. The molecule has 0 amide bonds. The molecule has 2 aromatic carbocycles. The van der Waals surface area contributed by atoms with Crippen LogP contribution in [-0.4, -0.2) is 49.7 Å². The molecule has 0 aliphatic carbocycles. The van der Waals surface area contributed by atoms with Gasteiger partial charge in [0.15, 0.2) is 6.04 Å². The van der Waals surface area contributed by atoms with E-state index >= 15 is 0 Å². The molecule has 2 bridgehead atoms. The van der Waals surface area contributed by atoms with Gasteiger partial charge in [0.1, 0.15) is 6.10 Å². The smallest absolute Gasteiger partial charge is 0.337 e. The normalized spacial score (nSPS) is 22.5. The van der Waals surface area contributed by atoms with E-state index < -0.39 is 12.0 Å². The molecule has 0 radical (unpaired) electrons. The van der Waals surface area contributed by atoms with E-state index in [4.69, 9.17) is 9.47 Å². The number of nitrogens with one attached hydrogen (secondary N) is 1. The Labute approximate surface area is 184 Å². The van der Waals surface area contributed by atoms with Gasteiger partial charge in [-0.2, -0.15) is 0 Å². The minimum absolute atomic E-state index is 0.0419. The van der Waals surface area contributed by atoms with Crippen molar-refractivity contribution in [1.29, 1.82) is 0 Å². The molecule has 5 rings (SSSR count). The number of methoxy groups -OCH3 is 1. The highest BCUT2D eigenvalue weighted by Gasteiger charge is 2.37. The van der Waals surface area contributed by atoms with Gasteiger partial charge in [-0.3, -0.25) is 4.90 Å². The largest absolute Gasteiger partial charge is 0.465 e. The van der Waals surface area contributed by atoms with Crippen LogP contribution in [0.25, 0.3) is 0 Å². The summed E-state index contributed by atoms with van der Waals surface area (Å²) >= 11 is 0. The number of hydrogen-bond donors (Lipinski definition) is 1. The molecule has 6 nitrogen and oxygen atoms in total. The second-order valence-corrected chi connectivity index (χ2v) is 7.67. The minimum Gasteiger partial charge on any atom is -0.465 e. The predicted octanol–water partition coefficient (Wildman–Crippen LogP) is 4.29. The number of benzene rings is 2. The van der Waals surface area contributed by atoms with Gasteiger partial charge >= 0.3 is 11.9 Å². The summed E-state index contributed by atoms with van der Waals surface area (Å²) in [6.07, 6.45) is 2.15. The molecule has 3 aliphatic heterocycles. The monoisotopic (exact) mass is 424 g/mol. The zero-order chi connectivity index (χ0) is 22.2. The van der Waals surface area contributed by atoms with Crippen molar-refractivity contribution in [3.63, 3.8) is 0 Å². The Morgan fingerprint density at radius 3 is 2.19 bits per heavy atom. The summed E-state index contributed by atoms with van der Waals surface area (Å²) in [5, 5.41) is 3.27. The number of carbonyl (C=O) groups is 2. The number of piperidine rings is 3. The van der Waals surface area contributed by atoms with E-state index in [1.807, 2.05) is 44.2 Å². The SMILES string of the molecule is CC.COC(=O)c1ccc(NC(C(=O)O[C@H]2CN3CCC2CC3)c2ccccc2)cc1. The van der Waals surface area contributed by atoms with Gasteiger partial charge in [0.2, 0.25) is 0 Å². The maximum absolute atomic E-state index is 13.1. The van der Waals surface area contributed by atoms with Gasteiger partial charge in [-0.05, 0) is 61.7 Å². The average molecular weight is 425 g/mol. The lowest BCUT2D eigenvalue weighted by molar-refractivity contribution is -0.159. The van der Waals surface area contributed by atoms with Crippen molar-refractivity contribution < 1.29 is 19.1 Å². The number of fused-ring (bicyclic) bond motifs is 3. The van der Waals surface area contributed by atoms with E-state index in [1.165, 1.54) is 7.11 Å². The second kappa shape index (κ2) is 11.0. The van der Waals surface area contributed by atoms with Crippen molar-refractivity contribution in [2.24, 2.45) is 5.92 Å². The highest BCUT2D eigenvalue weighted by molar-refractivity contribution is 5.90. The lowest BCUT2D eigenvalue weighted by Gasteiger charge is -2.44. The lowest BCUT2D eigenvalue weighted by Crippen LogP contribution is -2.52. The van der Waals surface area contributed by atoms with Crippen LogP contribution in [0.5, 0.6) is 0 Å². The fraction of sp³-hybridized carbons (Fsp3) is 0.440. The number of esters is 2. The molecule has 6 heteroatoms. The van der Waals surface area contributed by atoms with E-state index in [0.717, 1.165) is 43.7 Å². The number of anilines is 1. The molecule has 31 heavy (non-hydrogen) atoms. The maximum Gasteiger partial charge on any atom is 0.337 e. The quantitative estimate of drug-likeness (QED) is 0.698. The Morgan fingerprint density at radius 2 is 1.65 bits per heavy atom. The van der Waals surface area contributed by atoms with Gasteiger partial charge in [0, 0.05) is 12.2 Å².